The first-order valence-corrected chi connectivity index (χ1v) is 13.4. The number of hydrogen-bond donors (Lipinski definition) is 2. The van der Waals surface area contributed by atoms with Gasteiger partial charge in [-0.1, -0.05) is 46.3 Å². The van der Waals surface area contributed by atoms with Crippen LogP contribution in [0.5, 0.6) is 0 Å². The summed E-state index contributed by atoms with van der Waals surface area (Å²) in [4.78, 5) is 25.4. The number of thioether (sulfide) groups is 1. The van der Waals surface area contributed by atoms with Crippen molar-refractivity contribution in [2.24, 2.45) is 0 Å². The number of carbonyl (C=O) groups excluding carboxylic acids is 2. The van der Waals surface area contributed by atoms with Crippen molar-refractivity contribution in [3.8, 4) is 0 Å². The van der Waals surface area contributed by atoms with Gasteiger partial charge in [-0.25, -0.2) is 4.39 Å². The minimum atomic E-state index is -0.326. The molecular formula is C28H24BrFN2O2S. The van der Waals surface area contributed by atoms with Crippen LogP contribution in [0.2, 0.25) is 0 Å². The summed E-state index contributed by atoms with van der Waals surface area (Å²) in [5.41, 5.74) is 6.07. The summed E-state index contributed by atoms with van der Waals surface area (Å²) in [6.07, 6.45) is 6.21. The molecule has 0 unspecified atom stereocenters. The lowest BCUT2D eigenvalue weighted by Gasteiger charge is -2.09. The number of rotatable bonds is 8. The molecule has 0 aliphatic heterocycles. The Kier molecular flexibility index (Phi) is 8.21. The van der Waals surface area contributed by atoms with Crippen LogP contribution in [0.4, 0.5) is 10.1 Å². The van der Waals surface area contributed by atoms with Crippen molar-refractivity contribution in [3.05, 3.63) is 101 Å². The number of anilines is 1. The van der Waals surface area contributed by atoms with Crippen molar-refractivity contribution in [2.45, 2.75) is 17.9 Å². The second-order valence-corrected chi connectivity index (χ2v) is 9.50. The summed E-state index contributed by atoms with van der Waals surface area (Å²) < 4.78 is 14.0. The molecule has 3 aromatic carbocycles. The van der Waals surface area contributed by atoms with Crippen LogP contribution in [0.15, 0.2) is 77.7 Å². The molecule has 0 radical (unpaired) electrons. The molecule has 178 valence electrons. The molecule has 0 heterocycles. The van der Waals surface area contributed by atoms with Gasteiger partial charge in [0.15, 0.2) is 0 Å². The van der Waals surface area contributed by atoms with Gasteiger partial charge in [0.1, 0.15) is 5.82 Å². The topological polar surface area (TPSA) is 58.2 Å². The highest BCUT2D eigenvalue weighted by molar-refractivity contribution is 9.09. The van der Waals surface area contributed by atoms with Crippen LogP contribution in [0.3, 0.4) is 0 Å². The van der Waals surface area contributed by atoms with Gasteiger partial charge < -0.3 is 10.6 Å². The minimum absolute atomic E-state index is 0.127. The fourth-order valence-corrected chi connectivity index (χ4v) is 4.41. The first-order chi connectivity index (χ1) is 16.9. The quantitative estimate of drug-likeness (QED) is 0.248. The van der Waals surface area contributed by atoms with Gasteiger partial charge in [-0.15, -0.1) is 11.8 Å². The molecule has 1 aliphatic carbocycles. The Morgan fingerprint density at radius 1 is 0.971 bits per heavy atom. The smallest absolute Gasteiger partial charge is 0.235 e. The van der Waals surface area contributed by atoms with E-state index in [1.807, 2.05) is 24.5 Å². The molecule has 0 atom stereocenters. The predicted molar refractivity (Wildman–Crippen MR) is 146 cm³/mol. The number of hydrogen-bond acceptors (Lipinski definition) is 3. The summed E-state index contributed by atoms with van der Waals surface area (Å²) in [5, 5.41) is 5.92. The molecule has 0 bridgehead atoms. The number of nitrogens with one attached hydrogen (secondary N) is 2. The van der Waals surface area contributed by atoms with E-state index in [4.69, 9.17) is 0 Å². The Balaban J connectivity index is 1.45. The molecule has 4 rings (SSSR count). The first-order valence-electron chi connectivity index (χ1n) is 11.0. The zero-order valence-electron chi connectivity index (χ0n) is 19.1. The van der Waals surface area contributed by atoms with E-state index in [2.05, 4.69) is 56.9 Å². The van der Waals surface area contributed by atoms with Crippen molar-refractivity contribution >= 4 is 62.4 Å². The first kappa shape index (κ1) is 24.9. The van der Waals surface area contributed by atoms with Crippen LogP contribution in [-0.2, 0) is 16.1 Å². The summed E-state index contributed by atoms with van der Waals surface area (Å²) in [6, 6.07) is 20.2. The summed E-state index contributed by atoms with van der Waals surface area (Å²) in [6.45, 7) is 0.360. The SMILES string of the molecule is CSc1ccc(C=C2C=C(CC(=O)NCc3ccc(NC(=O)CBr)cc3)c3cc(F)ccc32)cc1. The van der Waals surface area contributed by atoms with Gasteiger partial charge in [-0.3, -0.25) is 9.59 Å². The predicted octanol–water partition coefficient (Wildman–Crippen LogP) is 6.53. The molecule has 2 amide bonds. The molecule has 1 aliphatic rings. The Hall–Kier alpha value is -3.16. The van der Waals surface area contributed by atoms with E-state index >= 15 is 0 Å². The van der Waals surface area contributed by atoms with Gasteiger partial charge in [0, 0.05) is 17.1 Å². The highest BCUT2D eigenvalue weighted by Gasteiger charge is 2.21. The van der Waals surface area contributed by atoms with Crippen LogP contribution < -0.4 is 10.6 Å². The standard InChI is InChI=1S/C28H24BrFN2O2S/c1-35-24-9-4-18(5-10-24)12-20-13-21(26-15-22(30)6-11-25(20)26)14-27(33)31-17-19-2-7-23(8-3-19)32-28(34)16-29/h2-13,15H,14,16-17H2,1H3,(H,31,33)(H,32,34). The lowest BCUT2D eigenvalue weighted by atomic mass is 10.0. The lowest BCUT2D eigenvalue weighted by molar-refractivity contribution is -0.120. The van der Waals surface area contributed by atoms with Crippen molar-refractivity contribution < 1.29 is 14.0 Å². The lowest BCUT2D eigenvalue weighted by Crippen LogP contribution is -2.22. The minimum Gasteiger partial charge on any atom is -0.352 e. The number of allylic oxidation sites excluding steroid dienone is 2. The third-order valence-electron chi connectivity index (χ3n) is 5.61. The van der Waals surface area contributed by atoms with Crippen molar-refractivity contribution in [3.63, 3.8) is 0 Å². The molecule has 35 heavy (non-hydrogen) atoms. The molecule has 4 nitrogen and oxygen atoms in total. The fourth-order valence-electron chi connectivity index (χ4n) is 3.86. The van der Waals surface area contributed by atoms with Crippen molar-refractivity contribution in [1.82, 2.24) is 5.32 Å². The number of benzene rings is 3. The number of carbonyl (C=O) groups is 2. The normalized spacial score (nSPS) is 13.3. The van der Waals surface area contributed by atoms with E-state index < -0.39 is 0 Å². The van der Waals surface area contributed by atoms with Crippen molar-refractivity contribution in [2.75, 3.05) is 16.9 Å². The fraction of sp³-hybridized carbons (Fsp3) is 0.143. The molecule has 0 saturated carbocycles. The Morgan fingerprint density at radius 3 is 2.40 bits per heavy atom. The zero-order chi connectivity index (χ0) is 24.8. The third kappa shape index (κ3) is 6.50. The Labute approximate surface area is 216 Å². The van der Waals surface area contributed by atoms with Gasteiger partial charge in [0.2, 0.25) is 11.8 Å². The second kappa shape index (κ2) is 11.5. The molecule has 0 saturated heterocycles. The summed E-state index contributed by atoms with van der Waals surface area (Å²) in [5.74, 6) is -0.598. The van der Waals surface area contributed by atoms with Gasteiger partial charge in [-0.2, -0.15) is 0 Å². The van der Waals surface area contributed by atoms with Gasteiger partial charge in [0.25, 0.3) is 0 Å². The largest absolute Gasteiger partial charge is 0.352 e. The van der Waals surface area contributed by atoms with E-state index in [-0.39, 0.29) is 29.4 Å². The van der Waals surface area contributed by atoms with Crippen molar-refractivity contribution in [1.29, 1.82) is 0 Å². The van der Waals surface area contributed by atoms with E-state index in [1.165, 1.54) is 17.0 Å². The monoisotopic (exact) mass is 550 g/mol. The third-order valence-corrected chi connectivity index (χ3v) is 6.86. The number of fused-ring (bicyclic) bond motifs is 1. The number of amides is 2. The second-order valence-electron chi connectivity index (χ2n) is 8.06. The van der Waals surface area contributed by atoms with Gasteiger partial charge in [-0.05, 0) is 88.2 Å². The molecule has 0 fully saturated rings. The average Bonchev–Trinajstić information content (AvgIpc) is 3.19. The molecule has 3 aromatic rings. The Bertz CT molecular complexity index is 1300. The molecule has 0 spiro atoms. The maximum absolute atomic E-state index is 14.0. The average molecular weight is 551 g/mol. The van der Waals surface area contributed by atoms with Crippen LogP contribution in [-0.4, -0.2) is 23.4 Å². The number of alkyl halides is 1. The molecule has 0 aromatic heterocycles. The van der Waals surface area contributed by atoms with Crippen LogP contribution in [0.1, 0.15) is 28.7 Å². The Morgan fingerprint density at radius 2 is 1.71 bits per heavy atom. The maximum Gasteiger partial charge on any atom is 0.235 e. The van der Waals surface area contributed by atoms with E-state index in [0.29, 0.717) is 12.2 Å². The number of halogens is 2. The molecular weight excluding hydrogens is 527 g/mol. The van der Waals surface area contributed by atoms with Gasteiger partial charge in [0.05, 0.1) is 11.8 Å². The van der Waals surface area contributed by atoms with E-state index in [1.54, 1.807) is 30.0 Å². The highest BCUT2D eigenvalue weighted by Crippen LogP contribution is 2.38. The van der Waals surface area contributed by atoms with Gasteiger partial charge >= 0.3 is 0 Å². The van der Waals surface area contributed by atoms with E-state index in [9.17, 15) is 14.0 Å². The van der Waals surface area contributed by atoms with Crippen LogP contribution in [0.25, 0.3) is 17.2 Å². The summed E-state index contributed by atoms with van der Waals surface area (Å²) in [7, 11) is 0. The summed E-state index contributed by atoms with van der Waals surface area (Å²) >= 11 is 4.80. The van der Waals surface area contributed by atoms with Crippen LogP contribution >= 0.6 is 27.7 Å². The molecule has 2 N–H and O–H groups in total. The molecule has 7 heteroatoms. The van der Waals surface area contributed by atoms with Crippen LogP contribution in [0, 0.1) is 5.82 Å². The highest BCUT2D eigenvalue weighted by atomic mass is 79.9. The van der Waals surface area contributed by atoms with E-state index in [0.717, 1.165) is 33.4 Å². The maximum atomic E-state index is 14.0. The zero-order valence-corrected chi connectivity index (χ0v) is 21.5.